The number of aliphatic hydroxyl groups is 1. The molecule has 1 aliphatic rings. The van der Waals surface area contributed by atoms with Crippen molar-refractivity contribution in [2.45, 2.75) is 135 Å². The van der Waals surface area contributed by atoms with Gasteiger partial charge in [-0.2, -0.15) is 4.98 Å². The molecule has 36 heavy (non-hydrogen) atoms. The molecule has 8 heteroatoms. The first-order valence-electron chi connectivity index (χ1n) is 14.0. The minimum Gasteiger partial charge on any atom is -0.429 e. The first-order chi connectivity index (χ1) is 17.4. The summed E-state index contributed by atoms with van der Waals surface area (Å²) in [6, 6.07) is 1.48. The van der Waals surface area contributed by atoms with E-state index in [0.717, 1.165) is 19.3 Å². The van der Waals surface area contributed by atoms with Crippen molar-refractivity contribution in [3.05, 3.63) is 35.1 Å². The topological polar surface area (TPSA) is 117 Å². The second kappa shape index (κ2) is 17.3. The van der Waals surface area contributed by atoms with E-state index in [0.29, 0.717) is 6.42 Å². The average Bonchev–Trinajstić information content (AvgIpc) is 3.22. The number of carbonyl (C=O) groups is 1. The third-order valence-corrected chi connectivity index (χ3v) is 6.80. The molecule has 0 amide bonds. The van der Waals surface area contributed by atoms with E-state index in [1.54, 1.807) is 0 Å². The quantitative estimate of drug-likeness (QED) is 0.139. The maximum absolute atomic E-state index is 12.2. The molecule has 0 unspecified atom stereocenters. The van der Waals surface area contributed by atoms with E-state index in [1.165, 1.54) is 93.9 Å². The summed E-state index contributed by atoms with van der Waals surface area (Å²) in [4.78, 5) is 27.9. The smallest absolute Gasteiger partial charge is 0.351 e. The van der Waals surface area contributed by atoms with Crippen LogP contribution in [-0.4, -0.2) is 32.8 Å². The second-order valence-electron chi connectivity index (χ2n) is 10.00. The lowest BCUT2D eigenvalue weighted by Crippen LogP contribution is -2.28. The van der Waals surface area contributed by atoms with Crippen LogP contribution in [0.4, 0.5) is 5.82 Å². The summed E-state index contributed by atoms with van der Waals surface area (Å²) in [5.74, 6) is -0.198. The van der Waals surface area contributed by atoms with Gasteiger partial charge in [-0.3, -0.25) is 9.36 Å². The van der Waals surface area contributed by atoms with E-state index in [2.05, 4.69) is 18.5 Å². The van der Waals surface area contributed by atoms with Crippen molar-refractivity contribution in [1.29, 1.82) is 0 Å². The lowest BCUT2D eigenvalue weighted by atomic mass is 10.0. The zero-order chi connectivity index (χ0) is 26.2. The minimum absolute atomic E-state index is 0.0624. The van der Waals surface area contributed by atoms with Crippen molar-refractivity contribution < 1.29 is 19.4 Å². The molecule has 1 aliphatic heterocycles. The standard InChI is InChI=1S/C28H47N3O5/c1-3-4-5-6-7-8-9-10-11-12-13-14-15-16-17-18-26(33)35-22(2)27-23(32)21-25(36-27)31-20-19-24(29)30-28(31)34/h19-20,23,25,27,32H,2-18,21H2,1H3,(H2,29,30,34)/t23-,25+,27+/m0/s1. The summed E-state index contributed by atoms with van der Waals surface area (Å²) in [6.45, 7) is 6.02. The average molecular weight is 506 g/mol. The lowest BCUT2D eigenvalue weighted by molar-refractivity contribution is -0.142. The highest BCUT2D eigenvalue weighted by molar-refractivity contribution is 5.70. The summed E-state index contributed by atoms with van der Waals surface area (Å²) < 4.78 is 12.3. The van der Waals surface area contributed by atoms with Crippen molar-refractivity contribution in [1.82, 2.24) is 9.55 Å². The van der Waals surface area contributed by atoms with Crippen LogP contribution in [0.3, 0.4) is 0 Å². The van der Waals surface area contributed by atoms with E-state index in [-0.39, 0.29) is 24.0 Å². The first-order valence-corrected chi connectivity index (χ1v) is 14.0. The monoisotopic (exact) mass is 505 g/mol. The Bertz CT molecular complexity index is 841. The number of aromatic nitrogens is 2. The highest BCUT2D eigenvalue weighted by atomic mass is 16.6. The van der Waals surface area contributed by atoms with Gasteiger partial charge in [-0.25, -0.2) is 4.79 Å². The Labute approximate surface area is 216 Å². The van der Waals surface area contributed by atoms with Crippen LogP contribution in [0, 0.1) is 0 Å². The van der Waals surface area contributed by atoms with Crippen LogP contribution in [-0.2, 0) is 14.3 Å². The fourth-order valence-corrected chi connectivity index (χ4v) is 4.66. The number of carbonyl (C=O) groups excluding carboxylic acids is 1. The SMILES string of the molecule is C=C(OC(=O)CCCCCCCCCCCCCCCCC)[C@H]1O[C@@H](n2ccc(N)nc2=O)C[C@@H]1O. The van der Waals surface area contributed by atoms with Crippen LogP contribution >= 0.6 is 0 Å². The molecule has 1 aromatic heterocycles. The molecule has 0 saturated carbocycles. The van der Waals surface area contributed by atoms with Crippen LogP contribution in [0.25, 0.3) is 0 Å². The van der Waals surface area contributed by atoms with Gasteiger partial charge < -0.3 is 20.3 Å². The van der Waals surface area contributed by atoms with Crippen LogP contribution in [0.15, 0.2) is 29.4 Å². The van der Waals surface area contributed by atoms with Gasteiger partial charge in [0.15, 0.2) is 0 Å². The third-order valence-electron chi connectivity index (χ3n) is 6.80. The molecule has 3 N–H and O–H groups in total. The molecule has 0 spiro atoms. The summed E-state index contributed by atoms with van der Waals surface area (Å²) >= 11 is 0. The Morgan fingerprint density at radius 3 is 2.11 bits per heavy atom. The van der Waals surface area contributed by atoms with Crippen molar-refractivity contribution in [2.24, 2.45) is 0 Å². The van der Waals surface area contributed by atoms with Crippen molar-refractivity contribution >= 4 is 11.8 Å². The van der Waals surface area contributed by atoms with Crippen LogP contribution in [0.5, 0.6) is 0 Å². The third kappa shape index (κ3) is 11.2. The summed E-state index contributed by atoms with van der Waals surface area (Å²) in [5.41, 5.74) is 4.95. The number of rotatable bonds is 19. The van der Waals surface area contributed by atoms with Crippen LogP contribution < -0.4 is 11.4 Å². The molecule has 1 fully saturated rings. The number of hydrogen-bond acceptors (Lipinski definition) is 7. The maximum Gasteiger partial charge on any atom is 0.351 e. The van der Waals surface area contributed by atoms with Gasteiger partial charge in [-0.1, -0.05) is 103 Å². The highest BCUT2D eigenvalue weighted by Gasteiger charge is 2.38. The number of esters is 1. The predicted molar refractivity (Wildman–Crippen MR) is 142 cm³/mol. The van der Waals surface area contributed by atoms with Crippen molar-refractivity contribution in [3.8, 4) is 0 Å². The summed E-state index contributed by atoms with van der Waals surface area (Å²) in [6.07, 6.45) is 18.4. The molecule has 0 bridgehead atoms. The molecule has 3 atom stereocenters. The minimum atomic E-state index is -0.939. The Balaban J connectivity index is 1.49. The van der Waals surface area contributed by atoms with Gasteiger partial charge in [0, 0.05) is 19.0 Å². The summed E-state index contributed by atoms with van der Waals surface area (Å²) in [7, 11) is 0. The fourth-order valence-electron chi connectivity index (χ4n) is 4.66. The summed E-state index contributed by atoms with van der Waals surface area (Å²) in [5, 5.41) is 10.3. The second-order valence-corrected chi connectivity index (χ2v) is 10.00. The van der Waals surface area contributed by atoms with Gasteiger partial charge in [0.1, 0.15) is 23.9 Å². The molecule has 0 aliphatic carbocycles. The van der Waals surface area contributed by atoms with E-state index in [4.69, 9.17) is 15.2 Å². The molecule has 0 radical (unpaired) electrons. The van der Waals surface area contributed by atoms with Gasteiger partial charge in [-0.15, -0.1) is 0 Å². The first kappa shape index (κ1) is 30.0. The lowest BCUT2D eigenvalue weighted by Gasteiger charge is -2.18. The molecule has 2 heterocycles. The number of nitrogens with two attached hydrogens (primary N) is 1. The maximum atomic E-state index is 12.2. The predicted octanol–water partition coefficient (Wildman–Crippen LogP) is 5.79. The van der Waals surface area contributed by atoms with Gasteiger partial charge in [-0.05, 0) is 12.5 Å². The molecule has 204 valence electrons. The zero-order valence-electron chi connectivity index (χ0n) is 22.2. The van der Waals surface area contributed by atoms with Gasteiger partial charge in [0.25, 0.3) is 0 Å². The van der Waals surface area contributed by atoms with E-state index in [9.17, 15) is 14.7 Å². The molecule has 1 saturated heterocycles. The van der Waals surface area contributed by atoms with Crippen LogP contribution in [0.1, 0.15) is 122 Å². The highest BCUT2D eigenvalue weighted by Crippen LogP contribution is 2.31. The number of ether oxygens (including phenoxy) is 2. The number of aliphatic hydroxyl groups excluding tert-OH is 1. The molecule has 2 rings (SSSR count). The van der Waals surface area contributed by atoms with Crippen LogP contribution in [0.2, 0.25) is 0 Å². The van der Waals surface area contributed by atoms with Gasteiger partial charge in [0.2, 0.25) is 0 Å². The Kier molecular flexibility index (Phi) is 14.4. The Hall–Kier alpha value is -2.19. The largest absolute Gasteiger partial charge is 0.429 e. The number of unbranched alkanes of at least 4 members (excludes halogenated alkanes) is 14. The molecular weight excluding hydrogens is 458 g/mol. The zero-order valence-corrected chi connectivity index (χ0v) is 22.2. The van der Waals surface area contributed by atoms with E-state index in [1.807, 2.05) is 0 Å². The number of nitrogen functional groups attached to an aromatic ring is 1. The fraction of sp³-hybridized carbons (Fsp3) is 0.750. The number of nitrogens with zero attached hydrogens (tertiary/aromatic N) is 2. The molecular formula is C28H47N3O5. The van der Waals surface area contributed by atoms with E-state index < -0.39 is 24.1 Å². The van der Waals surface area contributed by atoms with Crippen molar-refractivity contribution in [2.75, 3.05) is 5.73 Å². The molecule has 1 aromatic rings. The molecule has 0 aromatic carbocycles. The Morgan fingerprint density at radius 2 is 1.58 bits per heavy atom. The van der Waals surface area contributed by atoms with Gasteiger partial charge in [0.05, 0.1) is 6.10 Å². The van der Waals surface area contributed by atoms with Crippen molar-refractivity contribution in [3.63, 3.8) is 0 Å². The number of hydrogen-bond donors (Lipinski definition) is 2. The molecule has 8 nitrogen and oxygen atoms in total. The normalized spacial score (nSPS) is 19.4. The van der Waals surface area contributed by atoms with E-state index >= 15 is 0 Å². The van der Waals surface area contributed by atoms with Gasteiger partial charge >= 0.3 is 11.7 Å². The number of anilines is 1. The Morgan fingerprint density at radius 1 is 1.06 bits per heavy atom.